The van der Waals surface area contributed by atoms with Crippen molar-refractivity contribution in [3.63, 3.8) is 0 Å². The Balaban J connectivity index is 1.92. The highest BCUT2D eigenvalue weighted by Crippen LogP contribution is 2.32. The van der Waals surface area contributed by atoms with Crippen LogP contribution >= 0.6 is 11.3 Å². The number of nitrogens with zero attached hydrogens (tertiary/aromatic N) is 2. The number of nitrogens with one attached hydrogen (secondary N) is 1. The minimum absolute atomic E-state index is 0.243. The average molecular weight is 396 g/mol. The van der Waals surface area contributed by atoms with Crippen LogP contribution in [0, 0.1) is 13.8 Å². The van der Waals surface area contributed by atoms with E-state index in [4.69, 9.17) is 4.74 Å². The number of hydrogen-bond donors (Lipinski definition) is 1. The van der Waals surface area contributed by atoms with Gasteiger partial charge in [-0.1, -0.05) is 0 Å². The molecule has 3 rings (SSSR count). The van der Waals surface area contributed by atoms with Gasteiger partial charge < -0.3 is 10.1 Å². The molecular weight excluding hydrogens is 374 g/mol. The predicted octanol–water partition coefficient (Wildman–Crippen LogP) is 2.56. The van der Waals surface area contributed by atoms with E-state index >= 15 is 0 Å². The van der Waals surface area contributed by atoms with Crippen LogP contribution in [0.4, 0.5) is 5.13 Å². The van der Waals surface area contributed by atoms with E-state index in [-0.39, 0.29) is 10.8 Å². The Morgan fingerprint density at radius 3 is 2.62 bits per heavy atom. The van der Waals surface area contributed by atoms with Crippen molar-refractivity contribution in [2.24, 2.45) is 0 Å². The molecule has 1 aromatic carbocycles. The number of carbonyl (C=O) groups excluding carboxylic acids is 1. The Morgan fingerprint density at radius 2 is 2.04 bits per heavy atom. The van der Waals surface area contributed by atoms with Crippen LogP contribution < -0.4 is 10.1 Å². The summed E-state index contributed by atoms with van der Waals surface area (Å²) in [5.74, 6) is 0.267. The molecule has 1 amide bonds. The van der Waals surface area contributed by atoms with Crippen molar-refractivity contribution in [3.8, 4) is 5.75 Å². The third kappa shape index (κ3) is 3.46. The molecule has 26 heavy (non-hydrogen) atoms. The van der Waals surface area contributed by atoms with Crippen molar-refractivity contribution in [2.75, 3.05) is 19.0 Å². The van der Waals surface area contributed by atoms with Crippen molar-refractivity contribution in [2.45, 2.75) is 37.6 Å². The lowest BCUT2D eigenvalue weighted by Gasteiger charge is -2.25. The van der Waals surface area contributed by atoms with Gasteiger partial charge in [0.15, 0.2) is 5.13 Å². The molecule has 1 saturated heterocycles. The predicted molar refractivity (Wildman–Crippen MR) is 100 cm³/mol. The SMILES string of the molecule is COc1cc(C)c(S(=O)(=O)N2CCC[C@H]2C(=O)Nc2nccs2)c(C)c1. The Labute approximate surface area is 157 Å². The molecule has 1 atom stereocenters. The number of rotatable bonds is 5. The van der Waals surface area contributed by atoms with Gasteiger partial charge in [-0.25, -0.2) is 13.4 Å². The number of ether oxygens (including phenoxy) is 1. The Hall–Kier alpha value is -1.97. The minimum Gasteiger partial charge on any atom is -0.497 e. The zero-order valence-electron chi connectivity index (χ0n) is 14.9. The van der Waals surface area contributed by atoms with Crippen LogP contribution in [0.2, 0.25) is 0 Å². The largest absolute Gasteiger partial charge is 0.497 e. The Morgan fingerprint density at radius 1 is 1.35 bits per heavy atom. The third-order valence-electron chi connectivity index (χ3n) is 4.41. The van der Waals surface area contributed by atoms with Crippen molar-refractivity contribution in [1.29, 1.82) is 0 Å². The molecule has 1 fully saturated rings. The first kappa shape index (κ1) is 18.8. The zero-order valence-corrected chi connectivity index (χ0v) is 16.5. The molecule has 2 aromatic rings. The van der Waals surface area contributed by atoms with Crippen LogP contribution in [0.5, 0.6) is 5.75 Å². The number of thiazole rings is 1. The maximum atomic E-state index is 13.3. The first-order chi connectivity index (χ1) is 12.3. The average Bonchev–Trinajstić information content (AvgIpc) is 3.25. The van der Waals surface area contributed by atoms with Gasteiger partial charge in [0.1, 0.15) is 11.8 Å². The van der Waals surface area contributed by atoms with Crippen LogP contribution in [0.1, 0.15) is 24.0 Å². The molecule has 1 aliphatic rings. The smallest absolute Gasteiger partial charge is 0.244 e. The molecular formula is C17H21N3O4S2. The van der Waals surface area contributed by atoms with E-state index in [9.17, 15) is 13.2 Å². The van der Waals surface area contributed by atoms with Gasteiger partial charge in [-0.2, -0.15) is 4.31 Å². The van der Waals surface area contributed by atoms with Crippen LogP contribution in [0.3, 0.4) is 0 Å². The highest BCUT2D eigenvalue weighted by atomic mass is 32.2. The van der Waals surface area contributed by atoms with Crippen molar-refractivity contribution < 1.29 is 17.9 Å². The first-order valence-corrected chi connectivity index (χ1v) is 10.5. The monoisotopic (exact) mass is 395 g/mol. The zero-order chi connectivity index (χ0) is 18.9. The summed E-state index contributed by atoms with van der Waals surface area (Å²) in [5, 5.41) is 4.93. The second-order valence-electron chi connectivity index (χ2n) is 6.19. The van der Waals surface area contributed by atoms with Gasteiger partial charge in [-0.15, -0.1) is 11.3 Å². The molecule has 7 nitrogen and oxygen atoms in total. The molecule has 2 heterocycles. The van der Waals surface area contributed by atoms with E-state index < -0.39 is 16.1 Å². The van der Waals surface area contributed by atoms with Gasteiger partial charge in [-0.05, 0) is 49.9 Å². The van der Waals surface area contributed by atoms with Crippen LogP contribution in [-0.4, -0.2) is 43.3 Å². The summed E-state index contributed by atoms with van der Waals surface area (Å²) in [6.45, 7) is 3.80. The number of anilines is 1. The number of carbonyl (C=O) groups is 1. The van der Waals surface area contributed by atoms with E-state index in [2.05, 4.69) is 10.3 Å². The number of hydrogen-bond acceptors (Lipinski definition) is 6. The summed E-state index contributed by atoms with van der Waals surface area (Å²) < 4.78 is 33.1. The molecule has 1 aliphatic heterocycles. The van der Waals surface area contributed by atoms with Crippen LogP contribution in [-0.2, 0) is 14.8 Å². The normalized spacial score (nSPS) is 18.0. The molecule has 0 unspecified atom stereocenters. The molecule has 0 saturated carbocycles. The van der Waals surface area contributed by atoms with Gasteiger partial charge in [0.2, 0.25) is 15.9 Å². The third-order valence-corrected chi connectivity index (χ3v) is 7.31. The van der Waals surface area contributed by atoms with Gasteiger partial charge in [0, 0.05) is 18.1 Å². The number of aromatic nitrogens is 1. The summed E-state index contributed by atoms with van der Waals surface area (Å²) in [6.07, 6.45) is 2.72. The standard InChI is InChI=1S/C17H21N3O4S2/c1-11-9-13(24-3)10-12(2)15(11)26(22,23)20-7-4-5-14(20)16(21)19-17-18-6-8-25-17/h6,8-10,14H,4-5,7H2,1-3H3,(H,18,19,21)/t14-/m0/s1. The van der Waals surface area contributed by atoms with Crippen LogP contribution in [0.15, 0.2) is 28.6 Å². The number of amides is 1. The Kier molecular flexibility index (Phi) is 5.31. The fourth-order valence-corrected chi connectivity index (χ4v) is 5.92. The molecule has 1 N–H and O–H groups in total. The van der Waals surface area contributed by atoms with Crippen molar-refractivity contribution in [3.05, 3.63) is 34.8 Å². The van der Waals surface area contributed by atoms with E-state index in [1.54, 1.807) is 44.7 Å². The second-order valence-corrected chi connectivity index (χ2v) is 8.91. The summed E-state index contributed by atoms with van der Waals surface area (Å²) >= 11 is 1.30. The lowest BCUT2D eigenvalue weighted by atomic mass is 10.1. The van der Waals surface area contributed by atoms with E-state index in [1.807, 2.05) is 0 Å². The molecule has 0 radical (unpaired) electrons. The van der Waals surface area contributed by atoms with Crippen molar-refractivity contribution in [1.82, 2.24) is 9.29 Å². The molecule has 9 heteroatoms. The van der Waals surface area contributed by atoms with Gasteiger partial charge in [0.05, 0.1) is 12.0 Å². The maximum absolute atomic E-state index is 13.3. The van der Waals surface area contributed by atoms with E-state index in [1.165, 1.54) is 15.6 Å². The van der Waals surface area contributed by atoms with Gasteiger partial charge in [0.25, 0.3) is 0 Å². The lowest BCUT2D eigenvalue weighted by molar-refractivity contribution is -0.119. The highest BCUT2D eigenvalue weighted by molar-refractivity contribution is 7.89. The number of aryl methyl sites for hydroxylation is 2. The minimum atomic E-state index is -3.80. The topological polar surface area (TPSA) is 88.6 Å². The number of methoxy groups -OCH3 is 1. The quantitative estimate of drug-likeness (QED) is 0.840. The number of sulfonamides is 1. The Bertz CT molecular complexity index is 887. The van der Waals surface area contributed by atoms with E-state index in [0.29, 0.717) is 41.4 Å². The number of benzene rings is 1. The summed E-state index contributed by atoms with van der Waals surface area (Å²) in [7, 11) is -2.25. The molecule has 0 spiro atoms. The maximum Gasteiger partial charge on any atom is 0.244 e. The molecule has 1 aromatic heterocycles. The molecule has 0 aliphatic carbocycles. The molecule has 0 bridgehead atoms. The summed E-state index contributed by atoms with van der Waals surface area (Å²) in [5.41, 5.74) is 1.21. The molecule has 140 valence electrons. The second kappa shape index (κ2) is 7.34. The van der Waals surface area contributed by atoms with E-state index in [0.717, 1.165) is 0 Å². The summed E-state index contributed by atoms with van der Waals surface area (Å²) in [4.78, 5) is 16.9. The summed E-state index contributed by atoms with van der Waals surface area (Å²) in [6, 6.07) is 2.66. The van der Waals surface area contributed by atoms with Gasteiger partial charge >= 0.3 is 0 Å². The first-order valence-electron chi connectivity index (χ1n) is 8.22. The van der Waals surface area contributed by atoms with Gasteiger partial charge in [-0.3, -0.25) is 4.79 Å². The highest BCUT2D eigenvalue weighted by Gasteiger charge is 2.40. The fraction of sp³-hybridized carbons (Fsp3) is 0.412. The van der Waals surface area contributed by atoms with Crippen molar-refractivity contribution >= 4 is 32.4 Å². The lowest BCUT2D eigenvalue weighted by Crippen LogP contribution is -2.43. The fourth-order valence-electron chi connectivity index (χ4n) is 3.32. The van der Waals surface area contributed by atoms with Crippen LogP contribution in [0.25, 0.3) is 0 Å².